The molecule has 3 rings (SSSR count). The third kappa shape index (κ3) is 1.92. The summed E-state index contributed by atoms with van der Waals surface area (Å²) in [4.78, 5) is 14.9. The molecule has 1 aliphatic carbocycles. The zero-order chi connectivity index (χ0) is 13.3. The van der Waals surface area contributed by atoms with Crippen molar-refractivity contribution in [2.45, 2.75) is 19.8 Å². The molecule has 0 radical (unpaired) electrons. The van der Waals surface area contributed by atoms with Gasteiger partial charge in [-0.15, -0.1) is 0 Å². The Morgan fingerprint density at radius 3 is 2.68 bits per heavy atom. The van der Waals surface area contributed by atoms with Crippen molar-refractivity contribution in [3.63, 3.8) is 0 Å². The molecule has 0 saturated carbocycles. The maximum Gasteiger partial charge on any atom is 0.237 e. The first kappa shape index (κ1) is 12.2. The SMILES string of the molecule is C[C@@H]1CCN(c2ccccc2)C(=O)C12C=CC=CC2. The molecule has 1 unspecified atom stereocenters. The molecule has 1 aromatic rings. The number of hydrogen-bond acceptors (Lipinski definition) is 1. The van der Waals surface area contributed by atoms with Crippen LogP contribution in [0.3, 0.4) is 0 Å². The number of benzene rings is 1. The molecule has 2 nitrogen and oxygen atoms in total. The summed E-state index contributed by atoms with van der Waals surface area (Å²) in [6.07, 6.45) is 10.2. The molecule has 0 N–H and O–H groups in total. The van der Waals surface area contributed by atoms with Crippen LogP contribution < -0.4 is 4.90 Å². The van der Waals surface area contributed by atoms with Crippen molar-refractivity contribution in [2.75, 3.05) is 11.4 Å². The van der Waals surface area contributed by atoms with Crippen molar-refractivity contribution in [1.82, 2.24) is 0 Å². The molecular weight excluding hydrogens is 234 g/mol. The van der Waals surface area contributed by atoms with E-state index in [0.29, 0.717) is 5.92 Å². The number of para-hydroxylation sites is 1. The van der Waals surface area contributed by atoms with Gasteiger partial charge in [-0.05, 0) is 30.9 Å². The standard InChI is InChI=1S/C17H19NO/c1-14-10-13-18(15-8-4-2-5-9-15)16(19)17(14)11-6-3-7-12-17/h2-9,11,14H,10,12-13H2,1H3/t14-,17?/m1/s1. The molecule has 1 aromatic carbocycles. The number of nitrogens with zero attached hydrogens (tertiary/aromatic N) is 1. The van der Waals surface area contributed by atoms with Crippen molar-refractivity contribution < 1.29 is 4.79 Å². The Hall–Kier alpha value is -1.83. The van der Waals surface area contributed by atoms with Crippen LogP contribution in [0.5, 0.6) is 0 Å². The Labute approximate surface area is 114 Å². The Balaban J connectivity index is 1.96. The second-order valence-corrected chi connectivity index (χ2v) is 5.51. The number of anilines is 1. The molecule has 0 bridgehead atoms. The highest BCUT2D eigenvalue weighted by Crippen LogP contribution is 2.43. The van der Waals surface area contributed by atoms with Crippen LogP contribution in [0, 0.1) is 11.3 Å². The van der Waals surface area contributed by atoms with Crippen LogP contribution in [-0.4, -0.2) is 12.5 Å². The van der Waals surface area contributed by atoms with Crippen LogP contribution in [0.1, 0.15) is 19.8 Å². The van der Waals surface area contributed by atoms with Gasteiger partial charge in [0.1, 0.15) is 0 Å². The fourth-order valence-corrected chi connectivity index (χ4v) is 3.16. The van der Waals surface area contributed by atoms with E-state index in [0.717, 1.165) is 25.1 Å². The summed E-state index contributed by atoms with van der Waals surface area (Å²) < 4.78 is 0. The van der Waals surface area contributed by atoms with Gasteiger partial charge >= 0.3 is 0 Å². The number of allylic oxidation sites excluding steroid dienone is 3. The van der Waals surface area contributed by atoms with Crippen LogP contribution in [0.25, 0.3) is 0 Å². The van der Waals surface area contributed by atoms with Crippen molar-refractivity contribution in [3.8, 4) is 0 Å². The zero-order valence-corrected chi connectivity index (χ0v) is 11.3. The number of hydrogen-bond donors (Lipinski definition) is 0. The first-order valence-corrected chi connectivity index (χ1v) is 6.95. The Kier molecular flexibility index (Phi) is 3.02. The van der Waals surface area contributed by atoms with Crippen LogP contribution in [-0.2, 0) is 4.79 Å². The largest absolute Gasteiger partial charge is 0.312 e. The lowest BCUT2D eigenvalue weighted by molar-refractivity contribution is -0.130. The summed E-state index contributed by atoms with van der Waals surface area (Å²) in [7, 11) is 0. The Morgan fingerprint density at radius 1 is 1.21 bits per heavy atom. The van der Waals surface area contributed by atoms with E-state index in [9.17, 15) is 4.79 Å². The maximum atomic E-state index is 13.0. The molecule has 1 aliphatic heterocycles. The predicted molar refractivity (Wildman–Crippen MR) is 77.9 cm³/mol. The van der Waals surface area contributed by atoms with Crippen LogP contribution in [0.15, 0.2) is 54.6 Å². The van der Waals surface area contributed by atoms with Crippen LogP contribution in [0.2, 0.25) is 0 Å². The third-order valence-corrected chi connectivity index (χ3v) is 4.47. The zero-order valence-electron chi connectivity index (χ0n) is 11.3. The molecule has 19 heavy (non-hydrogen) atoms. The van der Waals surface area contributed by atoms with Gasteiger partial charge in [-0.25, -0.2) is 0 Å². The van der Waals surface area contributed by atoms with E-state index >= 15 is 0 Å². The van der Waals surface area contributed by atoms with E-state index in [1.54, 1.807) is 0 Å². The normalized spacial score (nSPS) is 30.1. The summed E-state index contributed by atoms with van der Waals surface area (Å²) in [5, 5.41) is 0. The van der Waals surface area contributed by atoms with E-state index in [2.05, 4.69) is 19.1 Å². The topological polar surface area (TPSA) is 20.3 Å². The number of carbonyl (C=O) groups excluding carboxylic acids is 1. The first-order chi connectivity index (χ1) is 9.24. The maximum absolute atomic E-state index is 13.0. The summed E-state index contributed by atoms with van der Waals surface area (Å²) in [6, 6.07) is 10.0. The number of amides is 1. The second kappa shape index (κ2) is 4.69. The third-order valence-electron chi connectivity index (χ3n) is 4.47. The summed E-state index contributed by atoms with van der Waals surface area (Å²) in [5.41, 5.74) is 0.685. The van der Waals surface area contributed by atoms with Gasteiger partial charge in [-0.2, -0.15) is 0 Å². The minimum Gasteiger partial charge on any atom is -0.312 e. The number of piperidine rings is 1. The minimum absolute atomic E-state index is 0.248. The summed E-state index contributed by atoms with van der Waals surface area (Å²) >= 11 is 0. The van der Waals surface area contributed by atoms with Gasteiger partial charge in [0.25, 0.3) is 0 Å². The van der Waals surface area contributed by atoms with E-state index in [1.807, 2.05) is 47.4 Å². The first-order valence-electron chi connectivity index (χ1n) is 6.95. The average molecular weight is 253 g/mol. The van der Waals surface area contributed by atoms with E-state index in [1.165, 1.54) is 0 Å². The molecule has 0 aromatic heterocycles. The molecular formula is C17H19NO. The van der Waals surface area contributed by atoms with Gasteiger partial charge in [0.05, 0.1) is 5.41 Å². The molecule has 2 aliphatic rings. The van der Waals surface area contributed by atoms with Gasteiger partial charge in [0, 0.05) is 12.2 Å². The quantitative estimate of drug-likeness (QED) is 0.749. The van der Waals surface area contributed by atoms with Crippen LogP contribution >= 0.6 is 0 Å². The van der Waals surface area contributed by atoms with Crippen molar-refractivity contribution in [3.05, 3.63) is 54.6 Å². The van der Waals surface area contributed by atoms with Crippen LogP contribution in [0.4, 0.5) is 5.69 Å². The van der Waals surface area contributed by atoms with E-state index < -0.39 is 0 Å². The minimum atomic E-state index is -0.331. The smallest absolute Gasteiger partial charge is 0.237 e. The lowest BCUT2D eigenvalue weighted by atomic mass is 9.67. The molecule has 1 saturated heterocycles. The fourth-order valence-electron chi connectivity index (χ4n) is 3.16. The number of rotatable bonds is 1. The van der Waals surface area contributed by atoms with E-state index in [-0.39, 0.29) is 11.3 Å². The Morgan fingerprint density at radius 2 is 2.00 bits per heavy atom. The highest BCUT2D eigenvalue weighted by atomic mass is 16.2. The monoisotopic (exact) mass is 253 g/mol. The molecule has 1 fully saturated rings. The summed E-state index contributed by atoms with van der Waals surface area (Å²) in [6.45, 7) is 3.02. The predicted octanol–water partition coefficient (Wildman–Crippen LogP) is 3.56. The van der Waals surface area contributed by atoms with Gasteiger partial charge in [-0.3, -0.25) is 4.79 Å². The highest BCUT2D eigenvalue weighted by molar-refractivity contribution is 6.00. The Bertz CT molecular complexity index is 531. The van der Waals surface area contributed by atoms with Gasteiger partial charge in [0.15, 0.2) is 0 Å². The molecule has 2 atom stereocenters. The molecule has 98 valence electrons. The van der Waals surface area contributed by atoms with Crippen molar-refractivity contribution in [2.24, 2.45) is 11.3 Å². The molecule has 1 heterocycles. The molecule has 1 spiro atoms. The van der Waals surface area contributed by atoms with Gasteiger partial charge in [0.2, 0.25) is 5.91 Å². The van der Waals surface area contributed by atoms with Gasteiger partial charge < -0.3 is 4.90 Å². The lowest BCUT2D eigenvalue weighted by Crippen LogP contribution is -2.52. The van der Waals surface area contributed by atoms with E-state index in [4.69, 9.17) is 0 Å². The van der Waals surface area contributed by atoms with Gasteiger partial charge in [-0.1, -0.05) is 49.4 Å². The highest BCUT2D eigenvalue weighted by Gasteiger charge is 2.46. The van der Waals surface area contributed by atoms with Crippen molar-refractivity contribution in [1.29, 1.82) is 0 Å². The molecule has 1 amide bonds. The fraction of sp³-hybridized carbons (Fsp3) is 0.353. The second-order valence-electron chi connectivity index (χ2n) is 5.51. The lowest BCUT2D eigenvalue weighted by Gasteiger charge is -2.44. The number of carbonyl (C=O) groups is 1. The molecule has 2 heteroatoms. The average Bonchev–Trinajstić information content (AvgIpc) is 2.47. The van der Waals surface area contributed by atoms with Crippen molar-refractivity contribution >= 4 is 11.6 Å². The summed E-state index contributed by atoms with van der Waals surface area (Å²) in [5.74, 6) is 0.652.